The number of carbonyl (C=O) groups excluding carboxylic acids is 2. The van der Waals surface area contributed by atoms with E-state index in [9.17, 15) is 14.4 Å². The van der Waals surface area contributed by atoms with Crippen molar-refractivity contribution in [1.29, 1.82) is 0 Å². The fraction of sp³-hybridized carbons (Fsp3) is 0.320. The fourth-order valence-electron chi connectivity index (χ4n) is 3.90. The van der Waals surface area contributed by atoms with Crippen LogP contribution in [0.5, 0.6) is 0 Å². The average molecular weight is 446 g/mol. The number of rotatable bonds is 7. The number of amides is 2. The lowest BCUT2D eigenvalue weighted by molar-refractivity contribution is -0.132. The molecule has 0 spiro atoms. The SMILES string of the molecule is O=C(CCCC(=O)N1CCCCC1)Nc1ccc(-c2nc(-c3ccncc3)cc(=O)[nH]2)cc1. The molecule has 3 heterocycles. The largest absolute Gasteiger partial charge is 0.343 e. The van der Waals surface area contributed by atoms with Crippen molar-refractivity contribution >= 4 is 17.5 Å². The first-order valence-corrected chi connectivity index (χ1v) is 11.3. The molecule has 1 aromatic carbocycles. The zero-order valence-corrected chi connectivity index (χ0v) is 18.4. The van der Waals surface area contributed by atoms with E-state index < -0.39 is 0 Å². The van der Waals surface area contributed by atoms with Crippen LogP contribution in [-0.2, 0) is 9.59 Å². The van der Waals surface area contributed by atoms with Crippen molar-refractivity contribution in [3.05, 3.63) is 65.2 Å². The van der Waals surface area contributed by atoms with Gasteiger partial charge in [0.1, 0.15) is 5.82 Å². The van der Waals surface area contributed by atoms with Crippen LogP contribution in [0.3, 0.4) is 0 Å². The number of nitrogens with one attached hydrogen (secondary N) is 2. The Morgan fingerprint density at radius 1 is 0.939 bits per heavy atom. The topological polar surface area (TPSA) is 108 Å². The molecule has 33 heavy (non-hydrogen) atoms. The summed E-state index contributed by atoms with van der Waals surface area (Å²) in [6.07, 6.45) is 7.86. The highest BCUT2D eigenvalue weighted by Gasteiger charge is 2.16. The molecule has 2 amide bonds. The molecule has 2 aromatic heterocycles. The third-order valence-electron chi connectivity index (χ3n) is 5.66. The van der Waals surface area contributed by atoms with Crippen LogP contribution in [0.1, 0.15) is 38.5 Å². The van der Waals surface area contributed by atoms with Crippen LogP contribution in [0.15, 0.2) is 59.7 Å². The Morgan fingerprint density at radius 3 is 2.39 bits per heavy atom. The Labute approximate surface area is 192 Å². The zero-order valence-electron chi connectivity index (χ0n) is 18.4. The third kappa shape index (κ3) is 6.12. The minimum Gasteiger partial charge on any atom is -0.343 e. The first-order valence-electron chi connectivity index (χ1n) is 11.3. The number of anilines is 1. The first kappa shape index (κ1) is 22.4. The molecule has 8 nitrogen and oxygen atoms in total. The molecular weight excluding hydrogens is 418 g/mol. The van der Waals surface area contributed by atoms with E-state index in [1.54, 1.807) is 48.8 Å². The molecule has 0 atom stereocenters. The molecule has 0 bridgehead atoms. The van der Waals surface area contributed by atoms with Crippen molar-refractivity contribution in [2.75, 3.05) is 18.4 Å². The minimum atomic E-state index is -0.247. The van der Waals surface area contributed by atoms with Crippen LogP contribution in [0, 0.1) is 0 Å². The predicted octanol–water partition coefficient (Wildman–Crippen LogP) is 3.62. The van der Waals surface area contributed by atoms with Gasteiger partial charge < -0.3 is 15.2 Å². The number of likely N-dealkylation sites (tertiary alicyclic amines) is 1. The van der Waals surface area contributed by atoms with Gasteiger partial charge in [0.15, 0.2) is 0 Å². The summed E-state index contributed by atoms with van der Waals surface area (Å²) in [6.45, 7) is 1.67. The van der Waals surface area contributed by atoms with E-state index in [1.807, 2.05) is 4.90 Å². The molecular formula is C25H27N5O3. The molecule has 4 rings (SSSR count). The molecule has 0 radical (unpaired) electrons. The number of hydrogen-bond donors (Lipinski definition) is 2. The van der Waals surface area contributed by atoms with Gasteiger partial charge in [0.25, 0.3) is 5.56 Å². The van der Waals surface area contributed by atoms with Crippen LogP contribution >= 0.6 is 0 Å². The smallest absolute Gasteiger partial charge is 0.251 e. The van der Waals surface area contributed by atoms with E-state index in [0.717, 1.165) is 37.1 Å². The summed E-state index contributed by atoms with van der Waals surface area (Å²) in [5.74, 6) is 0.464. The average Bonchev–Trinajstić information content (AvgIpc) is 2.85. The van der Waals surface area contributed by atoms with Crippen molar-refractivity contribution in [1.82, 2.24) is 19.9 Å². The Hall–Kier alpha value is -3.81. The quantitative estimate of drug-likeness (QED) is 0.577. The number of H-pyrrole nitrogens is 1. The van der Waals surface area contributed by atoms with Gasteiger partial charge in [-0.25, -0.2) is 4.98 Å². The van der Waals surface area contributed by atoms with Gasteiger partial charge in [0.05, 0.1) is 5.69 Å². The van der Waals surface area contributed by atoms with Crippen molar-refractivity contribution in [3.8, 4) is 22.6 Å². The zero-order chi connectivity index (χ0) is 23.0. The molecule has 1 saturated heterocycles. The third-order valence-corrected chi connectivity index (χ3v) is 5.66. The summed E-state index contributed by atoms with van der Waals surface area (Å²) < 4.78 is 0. The highest BCUT2D eigenvalue weighted by atomic mass is 16.2. The molecule has 0 unspecified atom stereocenters. The predicted molar refractivity (Wildman–Crippen MR) is 126 cm³/mol. The van der Waals surface area contributed by atoms with Crippen LogP contribution in [0.4, 0.5) is 5.69 Å². The van der Waals surface area contributed by atoms with Crippen LogP contribution in [0.25, 0.3) is 22.6 Å². The van der Waals surface area contributed by atoms with Crippen molar-refractivity contribution in [3.63, 3.8) is 0 Å². The lowest BCUT2D eigenvalue weighted by atomic mass is 10.1. The van der Waals surface area contributed by atoms with Gasteiger partial charge in [-0.15, -0.1) is 0 Å². The van der Waals surface area contributed by atoms with Gasteiger partial charge in [-0.3, -0.25) is 19.4 Å². The molecule has 2 N–H and O–H groups in total. The molecule has 1 aliphatic heterocycles. The number of benzene rings is 1. The van der Waals surface area contributed by atoms with Crippen LogP contribution < -0.4 is 10.9 Å². The molecule has 3 aromatic rings. The van der Waals surface area contributed by atoms with E-state index in [2.05, 4.69) is 20.3 Å². The molecule has 0 aliphatic carbocycles. The highest BCUT2D eigenvalue weighted by molar-refractivity contribution is 5.91. The van der Waals surface area contributed by atoms with Gasteiger partial charge in [0.2, 0.25) is 11.8 Å². The van der Waals surface area contributed by atoms with Gasteiger partial charge in [-0.2, -0.15) is 0 Å². The second-order valence-corrected chi connectivity index (χ2v) is 8.14. The fourth-order valence-corrected chi connectivity index (χ4v) is 3.90. The number of pyridine rings is 1. The Bertz CT molecular complexity index is 1150. The van der Waals surface area contributed by atoms with Gasteiger partial charge >= 0.3 is 0 Å². The number of carbonyl (C=O) groups is 2. The second kappa shape index (κ2) is 10.7. The second-order valence-electron chi connectivity index (χ2n) is 8.14. The van der Waals surface area contributed by atoms with Gasteiger partial charge in [0, 0.05) is 61.2 Å². The molecule has 170 valence electrons. The summed E-state index contributed by atoms with van der Waals surface area (Å²) in [5, 5.41) is 2.86. The number of hydrogen-bond acceptors (Lipinski definition) is 5. The van der Waals surface area contributed by atoms with Gasteiger partial charge in [-0.05, 0) is 62.1 Å². The summed E-state index contributed by atoms with van der Waals surface area (Å²) >= 11 is 0. The molecule has 1 fully saturated rings. The monoisotopic (exact) mass is 445 g/mol. The van der Waals surface area contributed by atoms with Crippen molar-refractivity contribution in [2.24, 2.45) is 0 Å². The first-order chi connectivity index (χ1) is 16.1. The van der Waals surface area contributed by atoms with E-state index in [1.165, 1.54) is 12.5 Å². The number of piperidine rings is 1. The van der Waals surface area contributed by atoms with Crippen molar-refractivity contribution in [2.45, 2.75) is 38.5 Å². The number of nitrogens with zero attached hydrogens (tertiary/aromatic N) is 3. The van der Waals surface area contributed by atoms with E-state index in [-0.39, 0.29) is 17.4 Å². The highest BCUT2D eigenvalue weighted by Crippen LogP contribution is 2.21. The normalized spacial score (nSPS) is 13.5. The van der Waals surface area contributed by atoms with Gasteiger partial charge in [-0.1, -0.05) is 0 Å². The Kier molecular flexibility index (Phi) is 7.24. The van der Waals surface area contributed by atoms with Crippen LogP contribution in [-0.4, -0.2) is 44.8 Å². The van der Waals surface area contributed by atoms with Crippen LogP contribution in [0.2, 0.25) is 0 Å². The lowest BCUT2D eigenvalue weighted by Gasteiger charge is -2.26. The maximum Gasteiger partial charge on any atom is 0.251 e. The summed E-state index contributed by atoms with van der Waals surface area (Å²) in [7, 11) is 0. The van der Waals surface area contributed by atoms with E-state index >= 15 is 0 Å². The van der Waals surface area contributed by atoms with Crippen molar-refractivity contribution < 1.29 is 9.59 Å². The maximum atomic E-state index is 12.3. The maximum absolute atomic E-state index is 12.3. The molecule has 1 aliphatic rings. The Balaban J connectivity index is 1.33. The standard InChI is InChI=1S/C25H27N5O3/c31-22(5-4-6-24(33)30-15-2-1-3-16-30)27-20-9-7-19(8-10-20)25-28-21(17-23(32)29-25)18-11-13-26-14-12-18/h7-14,17H,1-6,15-16H2,(H,27,31)(H,28,29,32). The number of aromatic amines is 1. The molecule has 8 heteroatoms. The number of aromatic nitrogens is 3. The minimum absolute atomic E-state index is 0.125. The Morgan fingerprint density at radius 2 is 1.67 bits per heavy atom. The van der Waals surface area contributed by atoms with E-state index in [4.69, 9.17) is 0 Å². The van der Waals surface area contributed by atoms with E-state index in [0.29, 0.717) is 36.5 Å². The summed E-state index contributed by atoms with van der Waals surface area (Å²) in [4.78, 5) is 49.8. The summed E-state index contributed by atoms with van der Waals surface area (Å²) in [5.41, 5.74) is 2.50. The summed E-state index contributed by atoms with van der Waals surface area (Å²) in [6, 6.07) is 12.2. The lowest BCUT2D eigenvalue weighted by Crippen LogP contribution is -2.35. The molecule has 0 saturated carbocycles.